The molecule has 5 nitrogen and oxygen atoms in total. The van der Waals surface area contributed by atoms with Crippen LogP contribution < -0.4 is 14.2 Å². The molecule has 160 valence electrons. The summed E-state index contributed by atoms with van der Waals surface area (Å²) in [5.74, 6) is 2.19. The molecule has 2 heterocycles. The average Bonchev–Trinajstić information content (AvgIpc) is 3.35. The Morgan fingerprint density at radius 3 is 2.56 bits per heavy atom. The Kier molecular flexibility index (Phi) is 5.15. The molecule has 3 aromatic carbocycles. The van der Waals surface area contributed by atoms with Gasteiger partial charge < -0.3 is 18.8 Å². The van der Waals surface area contributed by atoms with E-state index in [1.54, 1.807) is 25.3 Å². The van der Waals surface area contributed by atoms with Gasteiger partial charge in [-0.15, -0.1) is 0 Å². The Hall–Kier alpha value is -3.99. The third-order valence-corrected chi connectivity index (χ3v) is 5.65. The first-order valence-electron chi connectivity index (χ1n) is 10.6. The number of benzene rings is 3. The highest BCUT2D eigenvalue weighted by Crippen LogP contribution is 2.36. The number of ether oxygens (including phenoxy) is 3. The molecule has 0 amide bonds. The summed E-state index contributed by atoms with van der Waals surface area (Å²) in [7, 11) is 1.64. The Morgan fingerprint density at radius 1 is 1.00 bits per heavy atom. The number of ketones is 1. The number of hydrogen-bond donors (Lipinski definition) is 0. The standard InChI is InChI=1S/C27H23NO4/c1-3-28-16-19(22-6-4-5-7-24(22)28)14-26-27(29)23-13-12-21(15-25(23)32-26)31-17-18-8-10-20(30-2)11-9-18/h4-16H,3,17H2,1-2H3. The second-order valence-electron chi connectivity index (χ2n) is 7.62. The molecule has 0 saturated heterocycles. The number of methoxy groups -OCH3 is 1. The molecular formula is C27H23NO4. The van der Waals surface area contributed by atoms with Gasteiger partial charge in [-0.1, -0.05) is 30.3 Å². The predicted octanol–water partition coefficient (Wildman–Crippen LogP) is 5.87. The molecule has 1 aliphatic heterocycles. The highest BCUT2D eigenvalue weighted by atomic mass is 16.5. The fraction of sp³-hybridized carbons (Fsp3) is 0.148. The molecule has 0 aliphatic carbocycles. The second kappa shape index (κ2) is 8.27. The van der Waals surface area contributed by atoms with Crippen LogP contribution in [0, 0.1) is 0 Å². The molecule has 0 bridgehead atoms. The van der Waals surface area contributed by atoms with E-state index >= 15 is 0 Å². The maximum absolute atomic E-state index is 12.9. The van der Waals surface area contributed by atoms with Gasteiger partial charge in [-0.25, -0.2) is 0 Å². The van der Waals surface area contributed by atoms with Crippen LogP contribution in [0.1, 0.15) is 28.4 Å². The van der Waals surface area contributed by atoms with Gasteiger partial charge in [0.2, 0.25) is 5.78 Å². The van der Waals surface area contributed by atoms with Crippen molar-refractivity contribution >= 4 is 22.8 Å². The van der Waals surface area contributed by atoms with E-state index in [1.807, 2.05) is 42.5 Å². The zero-order valence-electron chi connectivity index (χ0n) is 18.0. The van der Waals surface area contributed by atoms with Crippen LogP contribution in [0.25, 0.3) is 17.0 Å². The lowest BCUT2D eigenvalue weighted by atomic mass is 10.1. The molecule has 5 rings (SSSR count). The van der Waals surface area contributed by atoms with E-state index in [4.69, 9.17) is 14.2 Å². The van der Waals surface area contributed by atoms with Crippen molar-refractivity contribution < 1.29 is 19.0 Å². The second-order valence-corrected chi connectivity index (χ2v) is 7.62. The van der Waals surface area contributed by atoms with Gasteiger partial charge in [0.1, 0.15) is 23.9 Å². The lowest BCUT2D eigenvalue weighted by Gasteiger charge is -2.08. The number of aryl methyl sites for hydroxylation is 1. The molecule has 0 unspecified atom stereocenters. The number of hydrogen-bond acceptors (Lipinski definition) is 4. The van der Waals surface area contributed by atoms with Crippen molar-refractivity contribution in [1.29, 1.82) is 0 Å². The van der Waals surface area contributed by atoms with Gasteiger partial charge in [-0.2, -0.15) is 0 Å². The molecule has 4 aromatic rings. The van der Waals surface area contributed by atoms with E-state index in [0.717, 1.165) is 34.3 Å². The van der Waals surface area contributed by atoms with Crippen molar-refractivity contribution in [2.45, 2.75) is 20.1 Å². The number of para-hydroxylation sites is 1. The van der Waals surface area contributed by atoms with E-state index in [1.165, 1.54) is 0 Å². The highest BCUT2D eigenvalue weighted by molar-refractivity contribution is 6.15. The van der Waals surface area contributed by atoms with Gasteiger partial charge >= 0.3 is 0 Å². The lowest BCUT2D eigenvalue weighted by Crippen LogP contribution is -1.98. The Balaban J connectivity index is 1.37. The van der Waals surface area contributed by atoms with Gasteiger partial charge in [-0.3, -0.25) is 4.79 Å². The monoisotopic (exact) mass is 425 g/mol. The van der Waals surface area contributed by atoms with Crippen LogP contribution in [-0.2, 0) is 13.2 Å². The molecule has 0 saturated carbocycles. The van der Waals surface area contributed by atoms with E-state index in [-0.39, 0.29) is 5.78 Å². The molecule has 0 radical (unpaired) electrons. The summed E-state index contributed by atoms with van der Waals surface area (Å²) in [6, 6.07) is 21.2. The number of nitrogens with zero attached hydrogens (tertiary/aromatic N) is 1. The van der Waals surface area contributed by atoms with Crippen LogP contribution >= 0.6 is 0 Å². The summed E-state index contributed by atoms with van der Waals surface area (Å²) in [6.07, 6.45) is 3.88. The minimum Gasteiger partial charge on any atom is -0.497 e. The third-order valence-electron chi connectivity index (χ3n) is 5.65. The van der Waals surface area contributed by atoms with Gasteiger partial charge in [0.15, 0.2) is 5.76 Å². The minimum atomic E-state index is -0.116. The van der Waals surface area contributed by atoms with Gasteiger partial charge in [0.25, 0.3) is 0 Å². The molecule has 0 fully saturated rings. The van der Waals surface area contributed by atoms with E-state index in [2.05, 4.69) is 29.8 Å². The number of allylic oxidation sites excluding steroid dienone is 1. The number of aromatic nitrogens is 1. The smallest absolute Gasteiger partial charge is 0.231 e. The normalized spacial score (nSPS) is 13.9. The third kappa shape index (κ3) is 3.62. The van der Waals surface area contributed by atoms with E-state index in [0.29, 0.717) is 29.4 Å². The van der Waals surface area contributed by atoms with Crippen molar-refractivity contribution in [1.82, 2.24) is 4.57 Å². The minimum absolute atomic E-state index is 0.116. The van der Waals surface area contributed by atoms with Crippen molar-refractivity contribution in [3.05, 3.63) is 95.4 Å². The summed E-state index contributed by atoms with van der Waals surface area (Å²) in [4.78, 5) is 12.9. The lowest BCUT2D eigenvalue weighted by molar-refractivity contribution is 0.101. The molecule has 32 heavy (non-hydrogen) atoms. The summed E-state index contributed by atoms with van der Waals surface area (Å²) >= 11 is 0. The van der Waals surface area contributed by atoms with Crippen molar-refractivity contribution in [3.8, 4) is 17.2 Å². The first-order chi connectivity index (χ1) is 15.7. The number of Topliss-reactive ketones (excluding diaryl/α,β-unsaturated/α-hetero) is 1. The van der Waals surface area contributed by atoms with Crippen LogP contribution in [-0.4, -0.2) is 17.5 Å². The van der Waals surface area contributed by atoms with Crippen LogP contribution in [0.2, 0.25) is 0 Å². The fourth-order valence-electron chi connectivity index (χ4n) is 3.94. The number of fused-ring (bicyclic) bond motifs is 2. The zero-order chi connectivity index (χ0) is 22.1. The van der Waals surface area contributed by atoms with Crippen LogP contribution in [0.15, 0.2) is 78.7 Å². The SMILES string of the molecule is CCn1cc(C=C2Oc3cc(OCc4ccc(OC)cc4)ccc3C2=O)c2ccccc21. The first-order valence-corrected chi connectivity index (χ1v) is 10.6. The molecule has 1 aliphatic rings. The van der Waals surface area contributed by atoms with Crippen molar-refractivity contribution in [2.75, 3.05) is 7.11 Å². The van der Waals surface area contributed by atoms with Crippen molar-refractivity contribution in [2.24, 2.45) is 0 Å². The summed E-state index contributed by atoms with van der Waals surface area (Å²) in [5.41, 5.74) is 3.68. The zero-order valence-corrected chi connectivity index (χ0v) is 18.0. The van der Waals surface area contributed by atoms with Gasteiger partial charge in [0.05, 0.1) is 12.7 Å². The van der Waals surface area contributed by atoms with Gasteiger partial charge in [-0.05, 0) is 48.9 Å². The molecule has 0 spiro atoms. The quantitative estimate of drug-likeness (QED) is 0.363. The summed E-state index contributed by atoms with van der Waals surface area (Å²) in [5, 5.41) is 1.10. The predicted molar refractivity (Wildman–Crippen MR) is 124 cm³/mol. The topological polar surface area (TPSA) is 49.7 Å². The van der Waals surface area contributed by atoms with Crippen LogP contribution in [0.5, 0.6) is 17.2 Å². The molecular weight excluding hydrogens is 402 g/mol. The largest absolute Gasteiger partial charge is 0.497 e. The number of carbonyl (C=O) groups is 1. The van der Waals surface area contributed by atoms with Crippen LogP contribution in [0.4, 0.5) is 0 Å². The Labute approximate surface area is 186 Å². The van der Waals surface area contributed by atoms with Gasteiger partial charge in [0, 0.05) is 35.3 Å². The van der Waals surface area contributed by atoms with Crippen molar-refractivity contribution in [3.63, 3.8) is 0 Å². The molecule has 1 aromatic heterocycles. The summed E-state index contributed by atoms with van der Waals surface area (Å²) in [6.45, 7) is 3.37. The molecule has 0 N–H and O–H groups in total. The maximum Gasteiger partial charge on any atom is 0.231 e. The molecule has 5 heteroatoms. The highest BCUT2D eigenvalue weighted by Gasteiger charge is 2.28. The Morgan fingerprint density at radius 2 is 1.78 bits per heavy atom. The number of rotatable bonds is 6. The molecule has 0 atom stereocenters. The summed E-state index contributed by atoms with van der Waals surface area (Å²) < 4.78 is 19.2. The number of carbonyl (C=O) groups excluding carboxylic acids is 1. The van der Waals surface area contributed by atoms with E-state index < -0.39 is 0 Å². The average molecular weight is 425 g/mol. The first kappa shape index (κ1) is 19.9. The Bertz CT molecular complexity index is 1330. The van der Waals surface area contributed by atoms with Crippen LogP contribution in [0.3, 0.4) is 0 Å². The van der Waals surface area contributed by atoms with E-state index in [9.17, 15) is 4.79 Å². The maximum atomic E-state index is 12.9. The fourth-order valence-corrected chi connectivity index (χ4v) is 3.94.